The molecule has 2 unspecified atom stereocenters. The van der Waals surface area contributed by atoms with Crippen molar-refractivity contribution in [3.8, 4) is 5.75 Å². The summed E-state index contributed by atoms with van der Waals surface area (Å²) >= 11 is 0. The lowest BCUT2D eigenvalue weighted by Crippen LogP contribution is -2.31. The number of hydrogen-bond acceptors (Lipinski definition) is 2. The van der Waals surface area contributed by atoms with Crippen molar-refractivity contribution < 1.29 is 9.53 Å². The Labute approximate surface area is 126 Å². The number of ether oxygens (including phenoxy) is 1. The van der Waals surface area contributed by atoms with Crippen LogP contribution in [0, 0.1) is 5.92 Å². The number of benzene rings is 1. The van der Waals surface area contributed by atoms with Gasteiger partial charge in [0, 0.05) is 13.0 Å². The summed E-state index contributed by atoms with van der Waals surface area (Å²) in [5.41, 5.74) is 1.20. The molecule has 1 aromatic carbocycles. The van der Waals surface area contributed by atoms with Gasteiger partial charge in [-0.05, 0) is 49.3 Å². The zero-order chi connectivity index (χ0) is 14.7. The highest BCUT2D eigenvalue weighted by Crippen LogP contribution is 2.35. The van der Waals surface area contributed by atoms with Crippen LogP contribution in [0.1, 0.15) is 43.7 Å². The van der Waals surface area contributed by atoms with Gasteiger partial charge < -0.3 is 9.64 Å². The molecule has 0 saturated carbocycles. The molecule has 3 heteroatoms. The van der Waals surface area contributed by atoms with Crippen LogP contribution in [0.2, 0.25) is 0 Å². The topological polar surface area (TPSA) is 29.5 Å². The van der Waals surface area contributed by atoms with E-state index >= 15 is 0 Å². The van der Waals surface area contributed by atoms with Gasteiger partial charge in [-0.15, -0.1) is 0 Å². The SMILES string of the molecule is COc1cccc(C2CCCN2C(=O)CC2C=CCC2)c1. The summed E-state index contributed by atoms with van der Waals surface area (Å²) in [5.74, 6) is 1.62. The lowest BCUT2D eigenvalue weighted by Gasteiger charge is -2.26. The van der Waals surface area contributed by atoms with E-state index in [-0.39, 0.29) is 6.04 Å². The first-order valence-electron chi connectivity index (χ1n) is 7.88. The van der Waals surface area contributed by atoms with Gasteiger partial charge in [0.05, 0.1) is 13.2 Å². The molecule has 2 aliphatic rings. The Bertz CT molecular complexity index is 538. The van der Waals surface area contributed by atoms with Crippen LogP contribution in [0.25, 0.3) is 0 Å². The molecule has 1 fully saturated rings. The van der Waals surface area contributed by atoms with Crippen molar-refractivity contribution in [1.29, 1.82) is 0 Å². The maximum atomic E-state index is 12.6. The van der Waals surface area contributed by atoms with Gasteiger partial charge >= 0.3 is 0 Å². The fraction of sp³-hybridized carbons (Fsp3) is 0.500. The van der Waals surface area contributed by atoms with Crippen molar-refractivity contribution >= 4 is 5.91 Å². The summed E-state index contributed by atoms with van der Waals surface area (Å²) in [6, 6.07) is 8.35. The lowest BCUT2D eigenvalue weighted by atomic mass is 10.0. The van der Waals surface area contributed by atoms with E-state index in [4.69, 9.17) is 4.74 Å². The van der Waals surface area contributed by atoms with Gasteiger partial charge in [0.1, 0.15) is 5.75 Å². The number of amides is 1. The van der Waals surface area contributed by atoms with Crippen molar-refractivity contribution in [3.05, 3.63) is 42.0 Å². The molecule has 1 aliphatic carbocycles. The van der Waals surface area contributed by atoms with Gasteiger partial charge in [-0.1, -0.05) is 24.3 Å². The van der Waals surface area contributed by atoms with Crippen LogP contribution < -0.4 is 4.74 Å². The molecular formula is C18H23NO2. The predicted molar refractivity (Wildman–Crippen MR) is 83.2 cm³/mol. The maximum Gasteiger partial charge on any atom is 0.223 e. The number of methoxy groups -OCH3 is 1. The molecule has 0 spiro atoms. The predicted octanol–water partition coefficient (Wildman–Crippen LogP) is 3.72. The molecule has 0 aromatic heterocycles. The highest BCUT2D eigenvalue weighted by atomic mass is 16.5. The van der Waals surface area contributed by atoms with Crippen LogP contribution in [0.5, 0.6) is 5.75 Å². The van der Waals surface area contributed by atoms with E-state index in [1.807, 2.05) is 12.1 Å². The Balaban J connectivity index is 1.72. The zero-order valence-electron chi connectivity index (χ0n) is 12.6. The smallest absolute Gasteiger partial charge is 0.223 e. The average molecular weight is 285 g/mol. The summed E-state index contributed by atoms with van der Waals surface area (Å²) in [5, 5.41) is 0. The van der Waals surface area contributed by atoms with Gasteiger partial charge in [-0.25, -0.2) is 0 Å². The summed E-state index contributed by atoms with van der Waals surface area (Å²) in [7, 11) is 1.68. The van der Waals surface area contributed by atoms with E-state index in [9.17, 15) is 4.79 Å². The Morgan fingerprint density at radius 1 is 1.38 bits per heavy atom. The van der Waals surface area contributed by atoms with Crippen molar-refractivity contribution in [3.63, 3.8) is 0 Å². The first-order chi connectivity index (χ1) is 10.3. The molecule has 1 aromatic rings. The van der Waals surface area contributed by atoms with Crippen LogP contribution in [0.15, 0.2) is 36.4 Å². The maximum absolute atomic E-state index is 12.6. The minimum atomic E-state index is 0.220. The van der Waals surface area contributed by atoms with E-state index in [0.29, 0.717) is 18.2 Å². The van der Waals surface area contributed by atoms with Gasteiger partial charge in [0.15, 0.2) is 0 Å². The van der Waals surface area contributed by atoms with E-state index in [0.717, 1.165) is 38.0 Å². The summed E-state index contributed by atoms with van der Waals surface area (Å²) in [6.45, 7) is 0.886. The summed E-state index contributed by atoms with van der Waals surface area (Å²) < 4.78 is 5.31. The van der Waals surface area contributed by atoms with Crippen molar-refractivity contribution in [1.82, 2.24) is 4.90 Å². The quantitative estimate of drug-likeness (QED) is 0.789. The first-order valence-corrected chi connectivity index (χ1v) is 7.88. The van der Waals surface area contributed by atoms with Crippen LogP contribution in [-0.4, -0.2) is 24.5 Å². The largest absolute Gasteiger partial charge is 0.497 e. The molecule has 0 N–H and O–H groups in total. The number of hydrogen-bond donors (Lipinski definition) is 0. The van der Waals surface area contributed by atoms with Crippen molar-refractivity contribution in [2.75, 3.05) is 13.7 Å². The molecule has 1 amide bonds. The molecule has 3 rings (SSSR count). The second-order valence-electron chi connectivity index (χ2n) is 5.99. The van der Waals surface area contributed by atoms with E-state index in [2.05, 4.69) is 29.2 Å². The zero-order valence-corrected chi connectivity index (χ0v) is 12.6. The standard InChI is InChI=1S/C18H23NO2/c1-21-16-9-4-8-15(13-16)17-10-5-11-19(17)18(20)12-14-6-2-3-7-14/h2,4,6,8-9,13-14,17H,3,5,7,10-12H2,1H3. The summed E-state index contributed by atoms with van der Waals surface area (Å²) in [4.78, 5) is 14.7. The van der Waals surface area contributed by atoms with Crippen LogP contribution in [0.4, 0.5) is 0 Å². The molecule has 2 atom stereocenters. The minimum absolute atomic E-state index is 0.220. The molecular weight excluding hydrogens is 262 g/mol. The van der Waals surface area contributed by atoms with Crippen LogP contribution >= 0.6 is 0 Å². The third-order valence-electron chi connectivity index (χ3n) is 4.60. The molecule has 3 nitrogen and oxygen atoms in total. The number of carbonyl (C=O) groups excluding carboxylic acids is 1. The normalized spacial score (nSPS) is 24.5. The van der Waals surface area contributed by atoms with Crippen LogP contribution in [0.3, 0.4) is 0 Å². The van der Waals surface area contributed by atoms with E-state index < -0.39 is 0 Å². The second-order valence-corrected chi connectivity index (χ2v) is 5.99. The third kappa shape index (κ3) is 3.12. The minimum Gasteiger partial charge on any atom is -0.497 e. The first kappa shape index (κ1) is 14.2. The van der Waals surface area contributed by atoms with E-state index in [1.54, 1.807) is 7.11 Å². The van der Waals surface area contributed by atoms with Gasteiger partial charge in [0.25, 0.3) is 0 Å². The van der Waals surface area contributed by atoms with Crippen LogP contribution in [-0.2, 0) is 4.79 Å². The Morgan fingerprint density at radius 2 is 2.29 bits per heavy atom. The molecule has 1 saturated heterocycles. The number of nitrogens with zero attached hydrogens (tertiary/aromatic N) is 1. The fourth-order valence-corrected chi connectivity index (χ4v) is 3.47. The van der Waals surface area contributed by atoms with Gasteiger partial charge in [-0.3, -0.25) is 4.79 Å². The number of carbonyl (C=O) groups is 1. The molecule has 0 bridgehead atoms. The molecule has 112 valence electrons. The number of likely N-dealkylation sites (tertiary alicyclic amines) is 1. The second kappa shape index (κ2) is 6.33. The Morgan fingerprint density at radius 3 is 3.05 bits per heavy atom. The van der Waals surface area contributed by atoms with Gasteiger partial charge in [0.2, 0.25) is 5.91 Å². The number of rotatable bonds is 4. The Kier molecular flexibility index (Phi) is 4.28. The Hall–Kier alpha value is -1.77. The molecule has 21 heavy (non-hydrogen) atoms. The van der Waals surface area contributed by atoms with Crippen molar-refractivity contribution in [2.24, 2.45) is 5.92 Å². The highest BCUT2D eigenvalue weighted by Gasteiger charge is 2.31. The summed E-state index contributed by atoms with van der Waals surface area (Å²) in [6.07, 6.45) is 9.46. The lowest BCUT2D eigenvalue weighted by molar-refractivity contribution is -0.132. The average Bonchev–Trinajstić information content (AvgIpc) is 3.18. The van der Waals surface area contributed by atoms with E-state index in [1.165, 1.54) is 5.56 Å². The molecule has 1 heterocycles. The molecule has 1 aliphatic heterocycles. The monoisotopic (exact) mass is 285 g/mol. The highest BCUT2D eigenvalue weighted by molar-refractivity contribution is 5.77. The molecule has 0 radical (unpaired) electrons. The fourth-order valence-electron chi connectivity index (χ4n) is 3.47. The third-order valence-corrected chi connectivity index (χ3v) is 4.60. The number of allylic oxidation sites excluding steroid dienone is 2. The van der Waals surface area contributed by atoms with Gasteiger partial charge in [-0.2, -0.15) is 0 Å². The van der Waals surface area contributed by atoms with Crippen molar-refractivity contribution in [2.45, 2.75) is 38.1 Å².